The van der Waals surface area contributed by atoms with Crippen LogP contribution in [-0.2, 0) is 30.8 Å². The number of carbonyl (C=O) groups is 3. The van der Waals surface area contributed by atoms with Gasteiger partial charge in [0.25, 0.3) is 11.8 Å². The van der Waals surface area contributed by atoms with Gasteiger partial charge in [-0.25, -0.2) is 13.4 Å². The van der Waals surface area contributed by atoms with Crippen molar-refractivity contribution >= 4 is 55.4 Å². The van der Waals surface area contributed by atoms with Crippen molar-refractivity contribution in [1.82, 2.24) is 5.32 Å². The number of anilines is 2. The molecular weight excluding hydrogens is 554 g/mol. The summed E-state index contributed by atoms with van der Waals surface area (Å²) in [5.74, 6) is -2.83. The highest BCUT2D eigenvalue weighted by Crippen LogP contribution is 2.38. The molecule has 2 atom stereocenters. The van der Waals surface area contributed by atoms with E-state index >= 15 is 0 Å². The fraction of sp³-hybridized carbons (Fsp3) is 0.323. The topological polar surface area (TPSA) is 140 Å². The fourth-order valence-corrected chi connectivity index (χ4v) is 5.81. The Kier molecular flexibility index (Phi) is 8.89. The summed E-state index contributed by atoms with van der Waals surface area (Å²) in [6.07, 6.45) is 1.36. The number of aryl methyl sites for hydroxylation is 1. The molecule has 0 saturated carbocycles. The van der Waals surface area contributed by atoms with Crippen molar-refractivity contribution in [1.29, 1.82) is 5.26 Å². The van der Waals surface area contributed by atoms with Gasteiger partial charge in [-0.3, -0.25) is 14.4 Å². The first kappa shape index (κ1) is 30.6. The van der Waals surface area contributed by atoms with Crippen LogP contribution < -0.4 is 15.1 Å². The zero-order chi connectivity index (χ0) is 30.8. The van der Waals surface area contributed by atoms with Crippen LogP contribution in [0.2, 0.25) is 0 Å². The molecule has 0 spiro atoms. The number of nitrogens with one attached hydrogen (secondary N) is 1. The Morgan fingerprint density at radius 1 is 1.12 bits per heavy atom. The van der Waals surface area contributed by atoms with Gasteiger partial charge in [0.15, 0.2) is 9.84 Å². The lowest BCUT2D eigenvalue weighted by molar-refractivity contribution is -0.120. The van der Waals surface area contributed by atoms with E-state index in [1.165, 1.54) is 24.0 Å². The third kappa shape index (κ3) is 6.10. The first-order valence-electron chi connectivity index (χ1n) is 13.5. The highest BCUT2D eigenvalue weighted by atomic mass is 32.2. The van der Waals surface area contributed by atoms with Crippen LogP contribution in [0.1, 0.15) is 37.0 Å². The monoisotopic (exact) mass is 587 g/mol. The van der Waals surface area contributed by atoms with Crippen LogP contribution in [0, 0.1) is 18.3 Å². The highest BCUT2D eigenvalue weighted by Gasteiger charge is 2.40. The van der Waals surface area contributed by atoms with E-state index in [1.807, 2.05) is 43.3 Å². The van der Waals surface area contributed by atoms with Crippen LogP contribution in [0.5, 0.6) is 0 Å². The summed E-state index contributed by atoms with van der Waals surface area (Å²) in [5.41, 5.74) is 2.26. The third-order valence-electron chi connectivity index (χ3n) is 7.43. The molecule has 3 aromatic rings. The summed E-state index contributed by atoms with van der Waals surface area (Å²) in [6, 6.07) is 16.5. The summed E-state index contributed by atoms with van der Waals surface area (Å²) < 4.78 is 24.4. The predicted octanol–water partition coefficient (Wildman–Crippen LogP) is 3.30. The zero-order valence-corrected chi connectivity index (χ0v) is 25.0. The van der Waals surface area contributed by atoms with Gasteiger partial charge in [-0.05, 0) is 67.4 Å². The number of amides is 3. The van der Waals surface area contributed by atoms with Gasteiger partial charge in [-0.2, -0.15) is 5.26 Å². The van der Waals surface area contributed by atoms with E-state index in [4.69, 9.17) is 0 Å². The van der Waals surface area contributed by atoms with Crippen LogP contribution >= 0.6 is 0 Å². The summed E-state index contributed by atoms with van der Waals surface area (Å²) >= 11 is 0. The first-order chi connectivity index (χ1) is 19.9. The molecule has 10 nitrogen and oxygen atoms in total. The third-order valence-corrected chi connectivity index (χ3v) is 8.20. The molecule has 42 heavy (non-hydrogen) atoms. The summed E-state index contributed by atoms with van der Waals surface area (Å²) in [4.78, 5) is 48.1. The standard InChI is InChI=1S/C31H33N5O5S/c1-6-25(33-4)30(38)34-29-20(3)36(28(37)18-42(5,40)41)27-15-21(16-32)12-14-26(27)35(31(29)39)17-24-19(2)11-13-22-9-7-8-10-23(22)24/h7-15,20,25,33H,6,17-18H2,1-5H3/t20-,25-/m0/s1. The van der Waals surface area contributed by atoms with Gasteiger partial charge in [0.05, 0.1) is 41.6 Å². The van der Waals surface area contributed by atoms with Gasteiger partial charge < -0.3 is 15.1 Å². The minimum Gasteiger partial charge on any atom is -0.309 e. The zero-order valence-electron chi connectivity index (χ0n) is 24.2. The van der Waals surface area contributed by atoms with Crippen molar-refractivity contribution in [2.75, 3.05) is 28.9 Å². The number of sulfone groups is 1. The molecule has 0 aliphatic carbocycles. The number of rotatable bonds is 7. The summed E-state index contributed by atoms with van der Waals surface area (Å²) in [6.45, 7) is 5.34. The van der Waals surface area contributed by atoms with E-state index < -0.39 is 45.4 Å². The summed E-state index contributed by atoms with van der Waals surface area (Å²) in [5, 5.41) is 14.5. The molecule has 0 saturated heterocycles. The number of nitriles is 1. The van der Waals surface area contributed by atoms with Crippen molar-refractivity contribution < 1.29 is 22.8 Å². The molecular formula is C31H33N5O5S. The van der Waals surface area contributed by atoms with Crippen molar-refractivity contribution in [3.05, 3.63) is 71.3 Å². The second kappa shape index (κ2) is 12.2. The van der Waals surface area contributed by atoms with Gasteiger partial charge in [0.2, 0.25) is 5.91 Å². The van der Waals surface area contributed by atoms with Gasteiger partial charge in [0.1, 0.15) is 11.5 Å². The quantitative estimate of drug-likeness (QED) is 0.447. The highest BCUT2D eigenvalue weighted by molar-refractivity contribution is 7.91. The number of fused-ring (bicyclic) bond motifs is 2. The average molecular weight is 588 g/mol. The number of hydrogen-bond donors (Lipinski definition) is 1. The molecule has 3 aromatic carbocycles. The normalized spacial score (nSPS) is 17.1. The lowest BCUT2D eigenvalue weighted by Gasteiger charge is -2.28. The maximum absolute atomic E-state index is 14.4. The molecule has 11 heteroatoms. The smallest absolute Gasteiger partial charge is 0.275 e. The Morgan fingerprint density at radius 3 is 2.48 bits per heavy atom. The molecule has 0 radical (unpaired) electrons. The number of hydrogen-bond acceptors (Lipinski definition) is 7. The predicted molar refractivity (Wildman–Crippen MR) is 163 cm³/mol. The van der Waals surface area contributed by atoms with E-state index in [-0.39, 0.29) is 23.5 Å². The van der Waals surface area contributed by atoms with Gasteiger partial charge in [-0.1, -0.05) is 43.3 Å². The Morgan fingerprint density at radius 2 is 1.83 bits per heavy atom. The molecule has 1 heterocycles. The number of nitrogens with zero attached hydrogens (tertiary/aromatic N) is 4. The molecule has 0 bridgehead atoms. The van der Waals surface area contributed by atoms with E-state index in [0.29, 0.717) is 12.1 Å². The first-order valence-corrected chi connectivity index (χ1v) is 15.6. The van der Waals surface area contributed by atoms with E-state index in [9.17, 15) is 28.1 Å². The molecule has 1 aliphatic heterocycles. The fourth-order valence-electron chi connectivity index (χ4n) is 5.23. The lowest BCUT2D eigenvalue weighted by atomic mass is 9.98. The van der Waals surface area contributed by atoms with Crippen molar-refractivity contribution in [2.24, 2.45) is 4.99 Å². The van der Waals surface area contributed by atoms with Crippen LogP contribution in [0.25, 0.3) is 10.8 Å². The van der Waals surface area contributed by atoms with Crippen LogP contribution in [0.3, 0.4) is 0 Å². The number of benzene rings is 3. The van der Waals surface area contributed by atoms with Crippen molar-refractivity contribution in [3.63, 3.8) is 0 Å². The Bertz CT molecular complexity index is 1760. The second-order valence-electron chi connectivity index (χ2n) is 10.4. The van der Waals surface area contributed by atoms with E-state index in [2.05, 4.69) is 16.4 Å². The van der Waals surface area contributed by atoms with Crippen LogP contribution in [-0.4, -0.2) is 63.0 Å². The Hall–Kier alpha value is -4.40. The maximum atomic E-state index is 14.4. The maximum Gasteiger partial charge on any atom is 0.275 e. The minimum atomic E-state index is -3.77. The minimum absolute atomic E-state index is 0.0716. The molecule has 1 aliphatic rings. The molecule has 0 fully saturated rings. The van der Waals surface area contributed by atoms with Gasteiger partial charge >= 0.3 is 0 Å². The molecule has 3 amide bonds. The molecule has 1 N–H and O–H groups in total. The average Bonchev–Trinajstić information content (AvgIpc) is 3.02. The molecule has 0 unspecified atom stereocenters. The van der Waals surface area contributed by atoms with E-state index in [0.717, 1.165) is 33.1 Å². The van der Waals surface area contributed by atoms with Crippen LogP contribution in [0.4, 0.5) is 11.4 Å². The molecule has 0 aromatic heterocycles. The van der Waals surface area contributed by atoms with Crippen molar-refractivity contribution in [3.8, 4) is 6.07 Å². The SMILES string of the molecule is CC[C@H](NC)C(=O)N=C1C(=O)N(Cc2c(C)ccc3ccccc23)c2ccc(C#N)cc2N(C(=O)CS(C)(=O)=O)[C@H]1C. The number of aliphatic imine (C=N–C) groups is 1. The molecule has 4 rings (SSSR count). The largest absolute Gasteiger partial charge is 0.309 e. The number of likely N-dealkylation sites (N-methyl/N-ethyl adjacent to an activating group) is 1. The second-order valence-corrected chi connectivity index (χ2v) is 12.5. The van der Waals surface area contributed by atoms with Crippen molar-refractivity contribution in [2.45, 2.75) is 45.8 Å². The van der Waals surface area contributed by atoms with Gasteiger partial charge in [-0.15, -0.1) is 0 Å². The van der Waals surface area contributed by atoms with Crippen LogP contribution in [0.15, 0.2) is 59.6 Å². The lowest BCUT2D eigenvalue weighted by Crippen LogP contribution is -2.49. The Balaban J connectivity index is 2.01. The molecule has 218 valence electrons. The van der Waals surface area contributed by atoms with Gasteiger partial charge in [0, 0.05) is 6.26 Å². The number of carbonyl (C=O) groups excluding carboxylic acids is 3. The Labute approximate surface area is 245 Å². The summed E-state index contributed by atoms with van der Waals surface area (Å²) in [7, 11) is -2.15. The van der Waals surface area contributed by atoms with E-state index in [1.54, 1.807) is 20.0 Å².